The molecule has 1 aliphatic heterocycles. The van der Waals surface area contributed by atoms with Crippen molar-refractivity contribution >= 4 is 21.4 Å². The lowest BCUT2D eigenvalue weighted by Crippen LogP contribution is -2.39. The highest BCUT2D eigenvalue weighted by Crippen LogP contribution is 2.24. The average molecular weight is 281 g/mol. The van der Waals surface area contributed by atoms with Gasteiger partial charge in [-0.3, -0.25) is 4.79 Å². The molecule has 1 aromatic carbocycles. The van der Waals surface area contributed by atoms with Gasteiger partial charge in [-0.1, -0.05) is 18.2 Å². The predicted octanol–water partition coefficient (Wildman–Crippen LogP) is 1.86. The summed E-state index contributed by atoms with van der Waals surface area (Å²) in [4.78, 5) is 14.2. The Labute approximate surface area is 114 Å². The van der Waals surface area contributed by atoms with Gasteiger partial charge >= 0.3 is 0 Å². The molecule has 0 N–H and O–H groups in total. The molecule has 0 saturated carbocycles. The van der Waals surface area contributed by atoms with Gasteiger partial charge < -0.3 is 4.90 Å². The number of carbonyl (C=O) groups excluding carboxylic acids is 1. The fraction of sp³-hybridized carbons (Fsp3) is 0.500. The third-order valence-corrected chi connectivity index (χ3v) is 5.27. The lowest BCUT2D eigenvalue weighted by molar-refractivity contribution is -0.122. The molecular formula is C14H19NO3S. The quantitative estimate of drug-likeness (QED) is 0.850. The second kappa shape index (κ2) is 5.74. The zero-order valence-corrected chi connectivity index (χ0v) is 11.9. The Morgan fingerprint density at radius 1 is 1.21 bits per heavy atom. The van der Waals surface area contributed by atoms with Crippen molar-refractivity contribution in [1.82, 2.24) is 0 Å². The predicted molar refractivity (Wildman–Crippen MR) is 75.8 cm³/mol. The smallest absolute Gasteiger partial charge is 0.230 e. The van der Waals surface area contributed by atoms with Crippen LogP contribution in [-0.2, 0) is 14.6 Å². The molecule has 0 aliphatic carbocycles. The molecule has 2 rings (SSSR count). The number of anilines is 1. The fourth-order valence-corrected chi connectivity index (χ4v) is 3.92. The molecular weight excluding hydrogens is 262 g/mol. The minimum Gasteiger partial charge on any atom is -0.312 e. The maximum Gasteiger partial charge on any atom is 0.230 e. The van der Waals surface area contributed by atoms with E-state index >= 15 is 0 Å². The van der Waals surface area contributed by atoms with Crippen molar-refractivity contribution in [2.45, 2.75) is 19.8 Å². The Bertz CT molecular complexity index is 525. The monoisotopic (exact) mass is 281 g/mol. The molecule has 0 unspecified atom stereocenters. The molecule has 1 aromatic rings. The van der Waals surface area contributed by atoms with E-state index in [9.17, 15) is 13.2 Å². The SMILES string of the molecule is CCN(C(=O)C1CCS(=O)(=O)CC1)c1ccccc1. The minimum absolute atomic E-state index is 0.0450. The Morgan fingerprint density at radius 3 is 2.32 bits per heavy atom. The largest absolute Gasteiger partial charge is 0.312 e. The number of sulfone groups is 1. The molecule has 1 saturated heterocycles. The maximum absolute atomic E-state index is 12.5. The number of hydrogen-bond donors (Lipinski definition) is 0. The zero-order chi connectivity index (χ0) is 13.9. The van der Waals surface area contributed by atoms with E-state index in [2.05, 4.69) is 0 Å². The summed E-state index contributed by atoms with van der Waals surface area (Å²) in [6.07, 6.45) is 0.898. The van der Waals surface area contributed by atoms with E-state index in [0.717, 1.165) is 5.69 Å². The highest BCUT2D eigenvalue weighted by atomic mass is 32.2. The number of benzene rings is 1. The maximum atomic E-state index is 12.5. The van der Waals surface area contributed by atoms with Crippen molar-refractivity contribution in [3.8, 4) is 0 Å². The van der Waals surface area contributed by atoms with E-state index < -0.39 is 9.84 Å². The molecule has 1 heterocycles. The number of amides is 1. The number of para-hydroxylation sites is 1. The number of hydrogen-bond acceptors (Lipinski definition) is 3. The Balaban J connectivity index is 2.10. The highest BCUT2D eigenvalue weighted by molar-refractivity contribution is 7.91. The first kappa shape index (κ1) is 14.1. The van der Waals surface area contributed by atoms with E-state index in [1.54, 1.807) is 4.90 Å². The Kier molecular flexibility index (Phi) is 4.24. The van der Waals surface area contributed by atoms with Gasteiger partial charge in [-0.2, -0.15) is 0 Å². The highest BCUT2D eigenvalue weighted by Gasteiger charge is 2.31. The molecule has 1 fully saturated rings. The Hall–Kier alpha value is -1.36. The molecule has 0 bridgehead atoms. The van der Waals surface area contributed by atoms with Crippen molar-refractivity contribution in [3.63, 3.8) is 0 Å². The van der Waals surface area contributed by atoms with Crippen LogP contribution in [0.5, 0.6) is 0 Å². The molecule has 0 aromatic heterocycles. The molecule has 19 heavy (non-hydrogen) atoms. The molecule has 104 valence electrons. The van der Waals surface area contributed by atoms with Gasteiger partial charge in [0.15, 0.2) is 0 Å². The summed E-state index contributed by atoms with van der Waals surface area (Å²) in [6, 6.07) is 9.52. The van der Waals surface area contributed by atoms with Crippen LogP contribution in [0.3, 0.4) is 0 Å². The second-order valence-corrected chi connectivity index (χ2v) is 7.15. The lowest BCUT2D eigenvalue weighted by Gasteiger charge is -2.28. The minimum atomic E-state index is -2.92. The van der Waals surface area contributed by atoms with Crippen LogP contribution in [0.25, 0.3) is 0 Å². The summed E-state index contributed by atoms with van der Waals surface area (Å²) >= 11 is 0. The van der Waals surface area contributed by atoms with E-state index in [1.165, 1.54) is 0 Å². The summed E-state index contributed by atoms with van der Waals surface area (Å²) in [7, 11) is -2.92. The van der Waals surface area contributed by atoms with Gasteiger partial charge in [-0.15, -0.1) is 0 Å². The van der Waals surface area contributed by atoms with Gasteiger partial charge in [0.25, 0.3) is 0 Å². The van der Waals surface area contributed by atoms with Crippen LogP contribution >= 0.6 is 0 Å². The lowest BCUT2D eigenvalue weighted by atomic mass is 10.0. The zero-order valence-electron chi connectivity index (χ0n) is 11.1. The van der Waals surface area contributed by atoms with E-state index in [4.69, 9.17) is 0 Å². The number of carbonyl (C=O) groups is 1. The fourth-order valence-electron chi connectivity index (χ4n) is 2.43. The number of rotatable bonds is 3. The van der Waals surface area contributed by atoms with Crippen LogP contribution in [0.1, 0.15) is 19.8 Å². The van der Waals surface area contributed by atoms with Crippen molar-refractivity contribution in [2.24, 2.45) is 5.92 Å². The van der Waals surface area contributed by atoms with E-state index in [1.807, 2.05) is 37.3 Å². The first-order valence-corrected chi connectivity index (χ1v) is 8.42. The standard InChI is InChI=1S/C14H19NO3S/c1-2-15(13-6-4-3-5-7-13)14(16)12-8-10-19(17,18)11-9-12/h3-7,12H,2,8-11H2,1H3. The summed E-state index contributed by atoms with van der Waals surface area (Å²) in [5, 5.41) is 0. The number of nitrogens with zero attached hydrogens (tertiary/aromatic N) is 1. The molecule has 0 spiro atoms. The molecule has 0 radical (unpaired) electrons. The van der Waals surface area contributed by atoms with E-state index in [0.29, 0.717) is 19.4 Å². The second-order valence-electron chi connectivity index (χ2n) is 4.84. The van der Waals surface area contributed by atoms with Gasteiger partial charge in [0, 0.05) is 18.2 Å². The van der Waals surface area contributed by atoms with Gasteiger partial charge in [0.2, 0.25) is 5.91 Å². The topological polar surface area (TPSA) is 54.5 Å². The summed E-state index contributed by atoms with van der Waals surface area (Å²) in [5.41, 5.74) is 0.878. The molecule has 1 aliphatic rings. The van der Waals surface area contributed by atoms with Crippen LogP contribution in [-0.4, -0.2) is 32.4 Å². The van der Waals surface area contributed by atoms with Gasteiger partial charge in [-0.25, -0.2) is 8.42 Å². The first-order valence-electron chi connectivity index (χ1n) is 6.60. The summed E-state index contributed by atoms with van der Waals surface area (Å²) in [6.45, 7) is 2.54. The molecule has 0 atom stereocenters. The summed E-state index contributed by atoms with van der Waals surface area (Å²) in [5.74, 6) is 0.151. The molecule has 4 nitrogen and oxygen atoms in total. The average Bonchev–Trinajstić information content (AvgIpc) is 2.40. The molecule has 1 amide bonds. The van der Waals surface area contributed by atoms with Gasteiger partial charge in [0.05, 0.1) is 11.5 Å². The Morgan fingerprint density at radius 2 is 1.79 bits per heavy atom. The van der Waals surface area contributed by atoms with Crippen LogP contribution in [0.2, 0.25) is 0 Å². The first-order chi connectivity index (χ1) is 9.03. The van der Waals surface area contributed by atoms with Crippen molar-refractivity contribution < 1.29 is 13.2 Å². The summed E-state index contributed by atoms with van der Waals surface area (Å²) < 4.78 is 22.8. The van der Waals surface area contributed by atoms with Crippen LogP contribution in [0, 0.1) is 5.92 Å². The third kappa shape index (κ3) is 3.35. The third-order valence-electron chi connectivity index (χ3n) is 3.55. The van der Waals surface area contributed by atoms with Crippen LogP contribution < -0.4 is 4.90 Å². The van der Waals surface area contributed by atoms with Gasteiger partial charge in [0.1, 0.15) is 9.84 Å². The van der Waals surface area contributed by atoms with Crippen molar-refractivity contribution in [3.05, 3.63) is 30.3 Å². The van der Waals surface area contributed by atoms with Crippen LogP contribution in [0.4, 0.5) is 5.69 Å². The van der Waals surface area contributed by atoms with Crippen molar-refractivity contribution in [1.29, 1.82) is 0 Å². The normalized spacial score (nSPS) is 19.0. The van der Waals surface area contributed by atoms with Gasteiger partial charge in [-0.05, 0) is 31.9 Å². The van der Waals surface area contributed by atoms with Crippen LogP contribution in [0.15, 0.2) is 30.3 Å². The van der Waals surface area contributed by atoms with E-state index in [-0.39, 0.29) is 23.3 Å². The van der Waals surface area contributed by atoms with Crippen molar-refractivity contribution in [2.75, 3.05) is 23.0 Å². The molecule has 5 heteroatoms.